The molecule has 0 aromatic heterocycles. The summed E-state index contributed by atoms with van der Waals surface area (Å²) in [7, 11) is 0. The summed E-state index contributed by atoms with van der Waals surface area (Å²) in [5.41, 5.74) is 3.30. The van der Waals surface area contributed by atoms with Gasteiger partial charge in [-0.3, -0.25) is 0 Å². The van der Waals surface area contributed by atoms with Gasteiger partial charge in [-0.15, -0.1) is 0 Å². The third-order valence-corrected chi connectivity index (χ3v) is 4.11. The van der Waals surface area contributed by atoms with E-state index in [9.17, 15) is 13.2 Å². The van der Waals surface area contributed by atoms with Crippen molar-refractivity contribution in [3.63, 3.8) is 0 Å². The van der Waals surface area contributed by atoms with Crippen LogP contribution in [0.2, 0.25) is 0 Å². The number of hydrogen-bond donors (Lipinski definition) is 0. The molecule has 0 unspecified atom stereocenters. The van der Waals surface area contributed by atoms with Crippen LogP contribution in [0.5, 0.6) is 0 Å². The molecule has 134 valence electrons. The van der Waals surface area contributed by atoms with Gasteiger partial charge in [0.05, 0.1) is 6.42 Å². The molecule has 0 amide bonds. The lowest BCUT2D eigenvalue weighted by molar-refractivity contribution is -0.127. The molecule has 4 heteroatoms. The number of alkyl halides is 3. The van der Waals surface area contributed by atoms with Crippen molar-refractivity contribution in [3.05, 3.63) is 102 Å². The van der Waals surface area contributed by atoms with Crippen molar-refractivity contribution < 1.29 is 13.2 Å². The summed E-state index contributed by atoms with van der Waals surface area (Å²) in [5.74, 6) is 0. The van der Waals surface area contributed by atoms with E-state index in [0.717, 1.165) is 16.8 Å². The first kappa shape index (κ1) is 18.1. The summed E-state index contributed by atoms with van der Waals surface area (Å²) in [4.78, 5) is 2.10. The van der Waals surface area contributed by atoms with E-state index in [1.807, 2.05) is 66.7 Å². The minimum atomic E-state index is -4.21. The van der Waals surface area contributed by atoms with Crippen LogP contribution in [0.1, 0.15) is 16.7 Å². The lowest BCUT2D eigenvalue weighted by Crippen LogP contribution is -2.22. The van der Waals surface area contributed by atoms with Crippen molar-refractivity contribution in [2.24, 2.45) is 0 Å². The molecule has 0 heterocycles. The molecule has 3 rings (SSSR count). The average molecular weight is 355 g/mol. The molecule has 0 saturated carbocycles. The van der Waals surface area contributed by atoms with Gasteiger partial charge in [0.15, 0.2) is 0 Å². The minimum Gasteiger partial charge on any atom is -0.363 e. The van der Waals surface area contributed by atoms with Crippen LogP contribution in [0.15, 0.2) is 84.9 Å². The van der Waals surface area contributed by atoms with E-state index in [-0.39, 0.29) is 5.56 Å². The van der Waals surface area contributed by atoms with Crippen molar-refractivity contribution >= 4 is 5.69 Å². The van der Waals surface area contributed by atoms with Crippen LogP contribution in [-0.2, 0) is 19.5 Å². The first-order valence-corrected chi connectivity index (χ1v) is 8.48. The minimum absolute atomic E-state index is 0.279. The number of hydrogen-bond acceptors (Lipinski definition) is 1. The highest BCUT2D eigenvalue weighted by Gasteiger charge is 2.27. The Morgan fingerprint density at radius 1 is 0.615 bits per heavy atom. The maximum atomic E-state index is 12.8. The summed E-state index contributed by atoms with van der Waals surface area (Å²) in [5, 5.41) is 0. The molecule has 0 atom stereocenters. The Morgan fingerprint density at radius 3 is 1.62 bits per heavy atom. The zero-order valence-corrected chi connectivity index (χ0v) is 14.3. The van der Waals surface area contributed by atoms with Gasteiger partial charge in [-0.25, -0.2) is 0 Å². The van der Waals surface area contributed by atoms with E-state index >= 15 is 0 Å². The highest BCUT2D eigenvalue weighted by Crippen LogP contribution is 2.26. The van der Waals surface area contributed by atoms with Gasteiger partial charge in [-0.05, 0) is 28.8 Å². The Balaban J connectivity index is 1.88. The van der Waals surface area contributed by atoms with E-state index < -0.39 is 12.6 Å². The SMILES string of the molecule is FC(F)(F)Cc1cccc(N(Cc2ccccc2)Cc2ccccc2)c1. The molecule has 3 aromatic rings. The maximum Gasteiger partial charge on any atom is 0.393 e. The number of rotatable bonds is 6. The van der Waals surface area contributed by atoms with Gasteiger partial charge in [-0.2, -0.15) is 13.2 Å². The van der Waals surface area contributed by atoms with Crippen LogP contribution in [0.4, 0.5) is 18.9 Å². The van der Waals surface area contributed by atoms with Crippen molar-refractivity contribution in [1.82, 2.24) is 0 Å². The Labute approximate surface area is 151 Å². The predicted molar refractivity (Wildman–Crippen MR) is 99.0 cm³/mol. The molecule has 0 saturated heterocycles. The van der Waals surface area contributed by atoms with E-state index in [2.05, 4.69) is 4.90 Å². The van der Waals surface area contributed by atoms with Crippen molar-refractivity contribution in [1.29, 1.82) is 0 Å². The largest absolute Gasteiger partial charge is 0.393 e. The lowest BCUT2D eigenvalue weighted by atomic mass is 10.1. The van der Waals surface area contributed by atoms with Crippen LogP contribution in [0, 0.1) is 0 Å². The first-order valence-electron chi connectivity index (χ1n) is 8.48. The summed E-state index contributed by atoms with van der Waals surface area (Å²) in [6.07, 6.45) is -5.12. The number of halogens is 3. The van der Waals surface area contributed by atoms with Crippen molar-refractivity contribution in [2.45, 2.75) is 25.7 Å². The summed E-state index contributed by atoms with van der Waals surface area (Å²) >= 11 is 0. The fourth-order valence-electron chi connectivity index (χ4n) is 2.94. The third kappa shape index (κ3) is 5.38. The van der Waals surface area contributed by atoms with Crippen molar-refractivity contribution in [3.8, 4) is 0 Å². The molecule has 0 bridgehead atoms. The quantitative estimate of drug-likeness (QED) is 0.524. The van der Waals surface area contributed by atoms with Crippen molar-refractivity contribution in [2.75, 3.05) is 4.90 Å². The Bertz CT molecular complexity index is 772. The summed E-state index contributed by atoms with van der Waals surface area (Å²) in [6.45, 7) is 1.26. The smallest absolute Gasteiger partial charge is 0.363 e. The molecule has 0 spiro atoms. The highest BCUT2D eigenvalue weighted by atomic mass is 19.4. The molecule has 0 radical (unpaired) electrons. The summed E-state index contributed by atoms with van der Waals surface area (Å²) < 4.78 is 38.3. The van der Waals surface area contributed by atoms with Gasteiger partial charge < -0.3 is 4.90 Å². The molecular weight excluding hydrogens is 335 g/mol. The standard InChI is InChI=1S/C22H20F3N/c23-22(24,25)15-20-12-7-13-21(14-20)26(16-18-8-3-1-4-9-18)17-19-10-5-2-6-11-19/h1-14H,15-17H2. The Morgan fingerprint density at radius 2 is 1.12 bits per heavy atom. The van der Waals surface area contributed by atoms with Gasteiger partial charge in [-0.1, -0.05) is 72.8 Å². The van der Waals surface area contributed by atoms with Gasteiger partial charge in [0.25, 0.3) is 0 Å². The molecule has 0 N–H and O–H groups in total. The normalized spacial score (nSPS) is 11.3. The topological polar surface area (TPSA) is 3.24 Å². The Kier molecular flexibility index (Phi) is 5.61. The zero-order chi connectivity index (χ0) is 18.4. The van der Waals surface area contributed by atoms with E-state index in [1.165, 1.54) is 6.07 Å². The third-order valence-electron chi connectivity index (χ3n) is 4.11. The monoisotopic (exact) mass is 355 g/mol. The molecule has 26 heavy (non-hydrogen) atoms. The summed E-state index contributed by atoms with van der Waals surface area (Å²) in [6, 6.07) is 26.6. The van der Waals surface area contributed by atoms with Gasteiger partial charge >= 0.3 is 6.18 Å². The Hall–Kier alpha value is -2.75. The molecule has 0 aliphatic rings. The molecule has 0 aliphatic heterocycles. The van der Waals surface area contributed by atoms with Crippen LogP contribution in [-0.4, -0.2) is 6.18 Å². The first-order chi connectivity index (χ1) is 12.5. The second-order valence-corrected chi connectivity index (χ2v) is 6.29. The molecule has 1 nitrogen and oxygen atoms in total. The number of nitrogens with zero attached hydrogens (tertiary/aromatic N) is 1. The second kappa shape index (κ2) is 8.09. The predicted octanol–water partition coefficient (Wildman–Crippen LogP) is 6.00. The zero-order valence-electron chi connectivity index (χ0n) is 14.3. The maximum absolute atomic E-state index is 12.8. The molecule has 0 fully saturated rings. The van der Waals surface area contributed by atoms with E-state index in [1.54, 1.807) is 12.1 Å². The van der Waals surface area contributed by atoms with Crippen LogP contribution in [0.25, 0.3) is 0 Å². The fraction of sp³-hybridized carbons (Fsp3) is 0.182. The number of anilines is 1. The van der Waals surface area contributed by atoms with Crippen LogP contribution >= 0.6 is 0 Å². The van der Waals surface area contributed by atoms with E-state index in [0.29, 0.717) is 13.1 Å². The van der Waals surface area contributed by atoms with Gasteiger partial charge in [0.2, 0.25) is 0 Å². The van der Waals surface area contributed by atoms with E-state index in [4.69, 9.17) is 0 Å². The van der Waals surface area contributed by atoms with Crippen LogP contribution in [0.3, 0.4) is 0 Å². The van der Waals surface area contributed by atoms with Crippen LogP contribution < -0.4 is 4.90 Å². The molecular formula is C22H20F3N. The molecule has 0 aliphatic carbocycles. The lowest BCUT2D eigenvalue weighted by Gasteiger charge is -2.26. The molecule has 3 aromatic carbocycles. The highest BCUT2D eigenvalue weighted by molar-refractivity contribution is 5.50. The fourth-order valence-corrected chi connectivity index (χ4v) is 2.94. The second-order valence-electron chi connectivity index (χ2n) is 6.29. The van der Waals surface area contributed by atoms with Gasteiger partial charge in [0, 0.05) is 18.8 Å². The van der Waals surface area contributed by atoms with Gasteiger partial charge in [0.1, 0.15) is 0 Å². The average Bonchev–Trinajstić information content (AvgIpc) is 2.62. The number of benzene rings is 3.